The van der Waals surface area contributed by atoms with E-state index in [1.165, 1.54) is 6.07 Å². The summed E-state index contributed by atoms with van der Waals surface area (Å²) in [5.74, 6) is -1.95. The van der Waals surface area contributed by atoms with E-state index in [-0.39, 0.29) is 34.5 Å². The standard InChI is InChI=1S/C31H36Cl2FN3O3/c1-17(2)37-26(27(38)35-19-15-29(3,40)16-19)24(20-8-7-9-22(33)25(20)34)31(30(37)12-5-4-6-13-30)21-11-10-18(32)14-23(21)36-28(31)39/h7-11,14,17,19,24,26,40H,4-6,12-13,15-16H2,1-3H3,(H,35,38)(H,36,39)/t19?,24-,26+,29?,31+/m0/s1. The molecule has 2 amide bonds. The number of anilines is 1. The molecule has 6 rings (SSSR count). The molecule has 2 aromatic carbocycles. The van der Waals surface area contributed by atoms with Crippen molar-refractivity contribution < 1.29 is 19.1 Å². The molecule has 1 saturated heterocycles. The lowest BCUT2D eigenvalue weighted by molar-refractivity contribution is -0.133. The molecule has 2 saturated carbocycles. The minimum Gasteiger partial charge on any atom is -0.390 e. The van der Waals surface area contributed by atoms with Crippen LogP contribution in [-0.4, -0.2) is 51.1 Å². The molecule has 2 heterocycles. The fourth-order valence-corrected chi connectivity index (χ4v) is 9.03. The maximum absolute atomic E-state index is 16.2. The van der Waals surface area contributed by atoms with Crippen molar-refractivity contribution in [3.8, 4) is 0 Å². The SMILES string of the molecule is CC(C)N1[C@@H](C(=O)NC2CC(C)(O)C2)[C@H](c2cccc(Cl)c2F)[C@]2(C(=O)Nc3cc(Cl)ccc32)C12CCCCC2. The number of carbonyl (C=O) groups is 2. The highest BCUT2D eigenvalue weighted by molar-refractivity contribution is 6.31. The molecule has 4 aliphatic rings. The predicted molar refractivity (Wildman–Crippen MR) is 154 cm³/mol. The number of fused-ring (bicyclic) bond motifs is 3. The van der Waals surface area contributed by atoms with Gasteiger partial charge in [0.25, 0.3) is 0 Å². The van der Waals surface area contributed by atoms with Crippen LogP contribution in [0.3, 0.4) is 0 Å². The van der Waals surface area contributed by atoms with Crippen molar-refractivity contribution in [2.75, 3.05) is 5.32 Å². The number of rotatable bonds is 4. The zero-order valence-electron chi connectivity index (χ0n) is 23.1. The van der Waals surface area contributed by atoms with Crippen LogP contribution in [0.25, 0.3) is 0 Å². The van der Waals surface area contributed by atoms with E-state index < -0.39 is 34.3 Å². The van der Waals surface area contributed by atoms with Gasteiger partial charge in [-0.1, -0.05) is 60.7 Å². The van der Waals surface area contributed by atoms with Gasteiger partial charge in [-0.15, -0.1) is 0 Å². The molecule has 40 heavy (non-hydrogen) atoms. The lowest BCUT2D eigenvalue weighted by atomic mass is 9.55. The number of likely N-dealkylation sites (tertiary alicyclic amines) is 1. The van der Waals surface area contributed by atoms with Gasteiger partial charge in [0, 0.05) is 34.3 Å². The average molecular weight is 589 g/mol. The van der Waals surface area contributed by atoms with E-state index >= 15 is 4.39 Å². The van der Waals surface area contributed by atoms with Gasteiger partial charge in [0.2, 0.25) is 11.8 Å². The molecule has 0 bridgehead atoms. The van der Waals surface area contributed by atoms with Crippen molar-refractivity contribution >= 4 is 40.7 Å². The average Bonchev–Trinajstić information content (AvgIpc) is 3.30. The first-order valence-corrected chi connectivity index (χ1v) is 15.1. The van der Waals surface area contributed by atoms with E-state index in [9.17, 15) is 14.7 Å². The molecule has 0 aromatic heterocycles. The molecule has 2 aliphatic carbocycles. The van der Waals surface area contributed by atoms with Gasteiger partial charge in [-0.2, -0.15) is 0 Å². The summed E-state index contributed by atoms with van der Waals surface area (Å²) in [6, 6.07) is 9.09. The highest BCUT2D eigenvalue weighted by atomic mass is 35.5. The third kappa shape index (κ3) is 3.88. The van der Waals surface area contributed by atoms with Crippen molar-refractivity contribution in [3.05, 3.63) is 63.4 Å². The van der Waals surface area contributed by atoms with Crippen molar-refractivity contribution in [3.63, 3.8) is 0 Å². The Kier molecular flexibility index (Phi) is 6.77. The van der Waals surface area contributed by atoms with Gasteiger partial charge in [-0.05, 0) is 75.8 Å². The summed E-state index contributed by atoms with van der Waals surface area (Å²) in [4.78, 5) is 31.3. The Labute approximate surface area is 244 Å². The normalized spacial score (nSPS) is 32.8. The Bertz CT molecular complexity index is 1370. The van der Waals surface area contributed by atoms with Gasteiger partial charge in [0.1, 0.15) is 11.2 Å². The first kappa shape index (κ1) is 28.0. The van der Waals surface area contributed by atoms with Gasteiger partial charge in [0.05, 0.1) is 16.7 Å². The second kappa shape index (κ2) is 9.69. The summed E-state index contributed by atoms with van der Waals surface area (Å²) in [6.45, 7) is 5.85. The summed E-state index contributed by atoms with van der Waals surface area (Å²) in [5, 5.41) is 17.0. The number of hydrogen-bond acceptors (Lipinski definition) is 4. The Morgan fingerprint density at radius 3 is 2.50 bits per heavy atom. The van der Waals surface area contributed by atoms with Crippen LogP contribution in [-0.2, 0) is 15.0 Å². The molecule has 0 radical (unpaired) electrons. The minimum absolute atomic E-state index is 0.0442. The molecule has 2 spiro atoms. The topological polar surface area (TPSA) is 81.7 Å². The molecule has 0 unspecified atom stereocenters. The van der Waals surface area contributed by atoms with Crippen LogP contribution in [0.1, 0.15) is 82.8 Å². The number of benzene rings is 2. The lowest BCUT2D eigenvalue weighted by Crippen LogP contribution is -2.63. The minimum atomic E-state index is -1.25. The van der Waals surface area contributed by atoms with Gasteiger partial charge in [-0.3, -0.25) is 14.5 Å². The van der Waals surface area contributed by atoms with Crippen LogP contribution < -0.4 is 10.6 Å². The highest BCUT2D eigenvalue weighted by Crippen LogP contribution is 2.67. The Morgan fingerprint density at radius 2 is 1.85 bits per heavy atom. The third-order valence-electron chi connectivity index (χ3n) is 9.86. The Hall–Kier alpha value is -2.19. The first-order chi connectivity index (χ1) is 18.9. The van der Waals surface area contributed by atoms with E-state index in [4.69, 9.17) is 23.2 Å². The van der Waals surface area contributed by atoms with Crippen molar-refractivity contribution in [2.45, 2.75) is 106 Å². The summed E-state index contributed by atoms with van der Waals surface area (Å²) in [6.07, 6.45) is 5.10. The quantitative estimate of drug-likeness (QED) is 0.414. The molecule has 6 nitrogen and oxygen atoms in total. The molecule has 3 fully saturated rings. The molecule has 3 N–H and O–H groups in total. The largest absolute Gasteiger partial charge is 0.390 e. The van der Waals surface area contributed by atoms with E-state index in [1.54, 1.807) is 31.2 Å². The second-order valence-electron chi connectivity index (χ2n) is 12.7. The van der Waals surface area contributed by atoms with Crippen LogP contribution in [0.2, 0.25) is 10.0 Å². The number of aliphatic hydroxyl groups is 1. The third-order valence-corrected chi connectivity index (χ3v) is 10.4. The van der Waals surface area contributed by atoms with E-state index in [1.807, 2.05) is 19.9 Å². The van der Waals surface area contributed by atoms with E-state index in [0.29, 0.717) is 36.4 Å². The van der Waals surface area contributed by atoms with Crippen LogP contribution in [0.4, 0.5) is 10.1 Å². The molecule has 214 valence electrons. The summed E-state index contributed by atoms with van der Waals surface area (Å²) < 4.78 is 16.2. The van der Waals surface area contributed by atoms with Gasteiger partial charge < -0.3 is 15.7 Å². The van der Waals surface area contributed by atoms with E-state index in [2.05, 4.69) is 15.5 Å². The number of carbonyl (C=O) groups excluding carboxylic acids is 2. The van der Waals surface area contributed by atoms with Crippen LogP contribution in [0.5, 0.6) is 0 Å². The van der Waals surface area contributed by atoms with Crippen molar-refractivity contribution in [1.82, 2.24) is 10.2 Å². The summed E-state index contributed by atoms with van der Waals surface area (Å²) in [5.41, 5.74) is -1.19. The Balaban J connectivity index is 1.64. The maximum atomic E-state index is 16.2. The highest BCUT2D eigenvalue weighted by Gasteiger charge is 2.75. The Morgan fingerprint density at radius 1 is 1.15 bits per heavy atom. The number of amides is 2. The monoisotopic (exact) mass is 587 g/mol. The van der Waals surface area contributed by atoms with Crippen LogP contribution >= 0.6 is 23.2 Å². The number of nitrogens with one attached hydrogen (secondary N) is 2. The zero-order valence-corrected chi connectivity index (χ0v) is 24.6. The summed E-state index contributed by atoms with van der Waals surface area (Å²) >= 11 is 12.7. The fraction of sp³-hybridized carbons (Fsp3) is 0.548. The molecule has 2 aliphatic heterocycles. The van der Waals surface area contributed by atoms with E-state index in [0.717, 1.165) is 24.8 Å². The van der Waals surface area contributed by atoms with Crippen molar-refractivity contribution in [2.24, 2.45) is 0 Å². The molecular weight excluding hydrogens is 552 g/mol. The number of nitrogens with zero attached hydrogens (tertiary/aromatic N) is 1. The molecule has 3 atom stereocenters. The van der Waals surface area contributed by atoms with Crippen LogP contribution in [0.15, 0.2) is 36.4 Å². The fourth-order valence-electron chi connectivity index (χ4n) is 8.67. The summed E-state index contributed by atoms with van der Waals surface area (Å²) in [7, 11) is 0. The number of hydrogen-bond donors (Lipinski definition) is 3. The lowest BCUT2D eigenvalue weighted by Gasteiger charge is -2.52. The molecule has 9 heteroatoms. The van der Waals surface area contributed by atoms with Crippen LogP contribution in [0, 0.1) is 5.82 Å². The van der Waals surface area contributed by atoms with Gasteiger partial charge >= 0.3 is 0 Å². The first-order valence-electron chi connectivity index (χ1n) is 14.3. The second-order valence-corrected chi connectivity index (χ2v) is 13.6. The number of halogens is 3. The predicted octanol–water partition coefficient (Wildman–Crippen LogP) is 5.93. The van der Waals surface area contributed by atoms with Gasteiger partial charge in [0.15, 0.2) is 0 Å². The zero-order chi connectivity index (χ0) is 28.6. The van der Waals surface area contributed by atoms with Crippen molar-refractivity contribution in [1.29, 1.82) is 0 Å². The smallest absolute Gasteiger partial charge is 0.238 e. The maximum Gasteiger partial charge on any atom is 0.238 e. The molecular formula is C31H36Cl2FN3O3. The van der Waals surface area contributed by atoms with Gasteiger partial charge in [-0.25, -0.2) is 4.39 Å². The molecule has 2 aromatic rings.